The van der Waals surface area contributed by atoms with Crippen LogP contribution in [0, 0.1) is 13.8 Å². The first kappa shape index (κ1) is 14.5. The zero-order valence-electron chi connectivity index (χ0n) is 13.4. The SMILES string of the molecule is Cc1oc(-c2ccccc2)nc1-c1oc2ccc(C=O)cc2c1C. The molecule has 0 amide bonds. The lowest BCUT2D eigenvalue weighted by molar-refractivity contribution is 0.112. The van der Waals surface area contributed by atoms with Crippen LogP contribution in [0.2, 0.25) is 0 Å². The molecule has 0 saturated carbocycles. The van der Waals surface area contributed by atoms with Gasteiger partial charge in [0.1, 0.15) is 23.3 Å². The second-order valence-corrected chi connectivity index (χ2v) is 5.72. The number of carbonyl (C=O) groups excluding carboxylic acids is 1. The van der Waals surface area contributed by atoms with E-state index in [-0.39, 0.29) is 0 Å². The van der Waals surface area contributed by atoms with Crippen molar-refractivity contribution in [1.82, 2.24) is 4.98 Å². The Morgan fingerprint density at radius 2 is 1.79 bits per heavy atom. The van der Waals surface area contributed by atoms with E-state index in [1.165, 1.54) is 0 Å². The summed E-state index contributed by atoms with van der Waals surface area (Å²) >= 11 is 0. The Balaban J connectivity index is 1.87. The summed E-state index contributed by atoms with van der Waals surface area (Å²) in [5, 5.41) is 0.915. The fourth-order valence-corrected chi connectivity index (χ4v) is 2.85. The number of nitrogens with zero attached hydrogens (tertiary/aromatic N) is 1. The molecule has 0 fully saturated rings. The zero-order valence-corrected chi connectivity index (χ0v) is 13.4. The van der Waals surface area contributed by atoms with E-state index < -0.39 is 0 Å². The van der Waals surface area contributed by atoms with Gasteiger partial charge in [-0.2, -0.15) is 0 Å². The summed E-state index contributed by atoms with van der Waals surface area (Å²) < 4.78 is 11.8. The highest BCUT2D eigenvalue weighted by Gasteiger charge is 2.20. The molecule has 0 N–H and O–H groups in total. The van der Waals surface area contributed by atoms with Crippen LogP contribution >= 0.6 is 0 Å². The van der Waals surface area contributed by atoms with Crippen LogP contribution < -0.4 is 0 Å². The molecule has 2 aromatic heterocycles. The molecule has 0 spiro atoms. The fourth-order valence-electron chi connectivity index (χ4n) is 2.85. The lowest BCUT2D eigenvalue weighted by atomic mass is 10.1. The highest BCUT2D eigenvalue weighted by atomic mass is 16.4. The number of hydrogen-bond acceptors (Lipinski definition) is 4. The van der Waals surface area contributed by atoms with Crippen molar-refractivity contribution in [2.24, 2.45) is 0 Å². The van der Waals surface area contributed by atoms with Gasteiger partial charge in [0.2, 0.25) is 5.89 Å². The third-order valence-electron chi connectivity index (χ3n) is 4.13. The molecule has 24 heavy (non-hydrogen) atoms. The number of fused-ring (bicyclic) bond motifs is 1. The molecular formula is C20H15NO3. The van der Waals surface area contributed by atoms with Gasteiger partial charge in [-0.3, -0.25) is 4.79 Å². The van der Waals surface area contributed by atoms with Crippen molar-refractivity contribution in [1.29, 1.82) is 0 Å². The van der Waals surface area contributed by atoms with Gasteiger partial charge < -0.3 is 8.83 Å². The number of rotatable bonds is 3. The van der Waals surface area contributed by atoms with Gasteiger partial charge in [0.25, 0.3) is 0 Å². The Labute approximate surface area is 138 Å². The third kappa shape index (κ3) is 2.24. The zero-order chi connectivity index (χ0) is 16.7. The molecule has 0 aliphatic rings. The van der Waals surface area contributed by atoms with Crippen LogP contribution in [0.5, 0.6) is 0 Å². The van der Waals surface area contributed by atoms with Crippen molar-refractivity contribution >= 4 is 17.3 Å². The minimum Gasteiger partial charge on any atom is -0.454 e. The first-order valence-electron chi connectivity index (χ1n) is 7.69. The number of aromatic nitrogens is 1. The Morgan fingerprint density at radius 1 is 1.00 bits per heavy atom. The van der Waals surface area contributed by atoms with Crippen LogP contribution in [0.1, 0.15) is 21.7 Å². The molecule has 4 rings (SSSR count). The molecule has 0 radical (unpaired) electrons. The molecule has 0 saturated heterocycles. The van der Waals surface area contributed by atoms with Gasteiger partial charge in [-0.05, 0) is 44.2 Å². The molecule has 2 heterocycles. The molecule has 0 atom stereocenters. The van der Waals surface area contributed by atoms with Crippen LogP contribution in [0.3, 0.4) is 0 Å². The summed E-state index contributed by atoms with van der Waals surface area (Å²) in [7, 11) is 0. The van der Waals surface area contributed by atoms with Crippen molar-refractivity contribution in [2.45, 2.75) is 13.8 Å². The summed E-state index contributed by atoms with van der Waals surface area (Å²) in [6.07, 6.45) is 0.834. The number of aldehydes is 1. The minimum absolute atomic E-state index is 0.566. The highest BCUT2D eigenvalue weighted by Crippen LogP contribution is 2.36. The van der Waals surface area contributed by atoms with E-state index >= 15 is 0 Å². The van der Waals surface area contributed by atoms with Gasteiger partial charge in [-0.25, -0.2) is 4.98 Å². The molecule has 4 aromatic rings. The first-order valence-corrected chi connectivity index (χ1v) is 7.69. The standard InChI is InChI=1S/C20H15NO3/c1-12-16-10-14(11-22)8-9-17(16)24-19(12)18-13(2)23-20(21-18)15-6-4-3-5-7-15/h3-11H,1-2H3. The van der Waals surface area contributed by atoms with Crippen molar-refractivity contribution < 1.29 is 13.6 Å². The van der Waals surface area contributed by atoms with E-state index in [0.29, 0.717) is 28.7 Å². The average Bonchev–Trinajstić information content (AvgIpc) is 3.16. The molecule has 0 aliphatic heterocycles. The van der Waals surface area contributed by atoms with Crippen LogP contribution in [-0.2, 0) is 0 Å². The van der Waals surface area contributed by atoms with Crippen LogP contribution in [-0.4, -0.2) is 11.3 Å². The molecular weight excluding hydrogens is 302 g/mol. The van der Waals surface area contributed by atoms with Crippen LogP contribution in [0.4, 0.5) is 0 Å². The summed E-state index contributed by atoms with van der Waals surface area (Å²) in [6.45, 7) is 3.84. The lowest BCUT2D eigenvalue weighted by Gasteiger charge is -1.94. The predicted molar refractivity (Wildman–Crippen MR) is 92.0 cm³/mol. The third-order valence-corrected chi connectivity index (χ3v) is 4.13. The topological polar surface area (TPSA) is 56.2 Å². The Kier molecular flexibility index (Phi) is 3.31. The lowest BCUT2D eigenvalue weighted by Crippen LogP contribution is -1.82. The quantitative estimate of drug-likeness (QED) is 0.488. The van der Waals surface area contributed by atoms with E-state index in [9.17, 15) is 4.79 Å². The smallest absolute Gasteiger partial charge is 0.226 e. The van der Waals surface area contributed by atoms with Gasteiger partial charge in [0.15, 0.2) is 5.76 Å². The largest absolute Gasteiger partial charge is 0.454 e. The fraction of sp³-hybridized carbons (Fsp3) is 0.100. The van der Waals surface area contributed by atoms with Crippen molar-refractivity contribution in [3.05, 3.63) is 65.4 Å². The summed E-state index contributed by atoms with van der Waals surface area (Å²) in [6, 6.07) is 15.1. The summed E-state index contributed by atoms with van der Waals surface area (Å²) in [4.78, 5) is 15.6. The molecule has 2 aromatic carbocycles. The van der Waals surface area contributed by atoms with Gasteiger partial charge in [-0.15, -0.1) is 0 Å². The van der Waals surface area contributed by atoms with Gasteiger partial charge in [-0.1, -0.05) is 18.2 Å². The summed E-state index contributed by atoms with van der Waals surface area (Å²) in [5.41, 5.74) is 3.92. The molecule has 4 nitrogen and oxygen atoms in total. The van der Waals surface area contributed by atoms with Gasteiger partial charge in [0.05, 0.1) is 0 Å². The Bertz CT molecular complexity index is 1040. The molecule has 0 bridgehead atoms. The molecule has 118 valence electrons. The average molecular weight is 317 g/mol. The Morgan fingerprint density at radius 3 is 2.54 bits per heavy atom. The number of aryl methyl sites for hydroxylation is 2. The van der Waals surface area contributed by atoms with Gasteiger partial charge in [0, 0.05) is 22.1 Å². The van der Waals surface area contributed by atoms with E-state index in [1.54, 1.807) is 6.07 Å². The second kappa shape index (κ2) is 5.49. The number of hydrogen-bond donors (Lipinski definition) is 0. The van der Waals surface area contributed by atoms with Crippen LogP contribution in [0.25, 0.3) is 33.9 Å². The molecule has 4 heteroatoms. The predicted octanol–water partition coefficient (Wildman–Crippen LogP) is 5.18. The maximum atomic E-state index is 11.0. The maximum Gasteiger partial charge on any atom is 0.226 e. The number of carbonyl (C=O) groups is 1. The monoisotopic (exact) mass is 317 g/mol. The highest BCUT2D eigenvalue weighted by molar-refractivity contribution is 5.91. The minimum atomic E-state index is 0.566. The van der Waals surface area contributed by atoms with Crippen LogP contribution in [0.15, 0.2) is 57.4 Å². The molecule has 0 aliphatic carbocycles. The van der Waals surface area contributed by atoms with Crippen molar-refractivity contribution in [3.63, 3.8) is 0 Å². The summed E-state index contributed by atoms with van der Waals surface area (Å²) in [5.74, 6) is 1.94. The number of oxazole rings is 1. The Hall–Kier alpha value is -3.14. The van der Waals surface area contributed by atoms with E-state index in [4.69, 9.17) is 8.83 Å². The normalized spacial score (nSPS) is 11.1. The van der Waals surface area contributed by atoms with Crippen molar-refractivity contribution in [3.8, 4) is 22.9 Å². The molecule has 0 unspecified atom stereocenters. The second-order valence-electron chi connectivity index (χ2n) is 5.72. The number of furan rings is 1. The van der Waals surface area contributed by atoms with Gasteiger partial charge >= 0.3 is 0 Å². The van der Waals surface area contributed by atoms with E-state index in [0.717, 1.165) is 28.4 Å². The van der Waals surface area contributed by atoms with Crippen molar-refractivity contribution in [2.75, 3.05) is 0 Å². The number of benzene rings is 2. The maximum absolute atomic E-state index is 11.0. The van der Waals surface area contributed by atoms with E-state index in [2.05, 4.69) is 4.98 Å². The first-order chi connectivity index (χ1) is 11.7. The van der Waals surface area contributed by atoms with E-state index in [1.807, 2.05) is 56.3 Å².